The number of nitrogens with one attached hydrogen (secondary N) is 2. The van der Waals surface area contributed by atoms with Gasteiger partial charge in [-0.15, -0.1) is 0 Å². The lowest BCUT2D eigenvalue weighted by Crippen LogP contribution is -2.31. The molecule has 0 saturated carbocycles. The first kappa shape index (κ1) is 19.0. The van der Waals surface area contributed by atoms with Crippen molar-refractivity contribution in [2.24, 2.45) is 11.7 Å². The van der Waals surface area contributed by atoms with E-state index in [1.165, 1.54) is 12.1 Å². The van der Waals surface area contributed by atoms with Gasteiger partial charge >= 0.3 is 0 Å². The fourth-order valence-corrected chi connectivity index (χ4v) is 3.27. The Labute approximate surface area is 148 Å². The molecule has 0 saturated heterocycles. The van der Waals surface area contributed by atoms with Gasteiger partial charge in [0.1, 0.15) is 0 Å². The van der Waals surface area contributed by atoms with E-state index in [-0.39, 0.29) is 22.3 Å². The Bertz CT molecular complexity index is 850. The topological polar surface area (TPSA) is 101 Å². The summed E-state index contributed by atoms with van der Waals surface area (Å²) in [6.45, 7) is 4.71. The Hall–Kier alpha value is -2.38. The van der Waals surface area contributed by atoms with Crippen molar-refractivity contribution < 1.29 is 13.2 Å². The molecule has 6 nitrogen and oxygen atoms in total. The van der Waals surface area contributed by atoms with Crippen LogP contribution in [0.2, 0.25) is 0 Å². The minimum absolute atomic E-state index is 0.0357. The lowest BCUT2D eigenvalue weighted by atomic mass is 10.1. The van der Waals surface area contributed by atoms with E-state index in [2.05, 4.69) is 10.0 Å². The molecule has 0 heterocycles. The average Bonchev–Trinajstić information content (AvgIpc) is 2.59. The summed E-state index contributed by atoms with van der Waals surface area (Å²) in [5, 5.41) is 2.75. The third-order valence-electron chi connectivity index (χ3n) is 3.69. The van der Waals surface area contributed by atoms with Crippen LogP contribution in [0.5, 0.6) is 0 Å². The molecule has 0 aliphatic heterocycles. The predicted octanol–water partition coefficient (Wildman–Crippen LogP) is 2.12. The van der Waals surface area contributed by atoms with E-state index in [9.17, 15) is 13.2 Å². The van der Waals surface area contributed by atoms with Crippen molar-refractivity contribution in [3.63, 3.8) is 0 Å². The molecule has 0 aromatic heterocycles. The molecular formula is C18H23N3O3S. The van der Waals surface area contributed by atoms with Gasteiger partial charge in [-0.05, 0) is 55.3 Å². The molecule has 2 aromatic carbocycles. The zero-order valence-corrected chi connectivity index (χ0v) is 15.1. The molecule has 0 aliphatic carbocycles. The van der Waals surface area contributed by atoms with Crippen molar-refractivity contribution >= 4 is 21.6 Å². The monoisotopic (exact) mass is 361 g/mol. The van der Waals surface area contributed by atoms with Crippen LogP contribution in [0, 0.1) is 12.8 Å². The van der Waals surface area contributed by atoms with E-state index in [0.29, 0.717) is 18.8 Å². The molecule has 2 rings (SSSR count). The average molecular weight is 361 g/mol. The molecule has 1 amide bonds. The van der Waals surface area contributed by atoms with E-state index in [4.69, 9.17) is 5.73 Å². The number of amides is 1. The third kappa shape index (κ3) is 5.30. The van der Waals surface area contributed by atoms with Crippen LogP contribution in [-0.2, 0) is 10.0 Å². The standard InChI is InChI=1S/C18H23N3O3S/c1-13-5-3-7-16(9-13)21-25(23,24)17-8-4-6-15(10-17)18(22)20-12-14(2)11-19/h3-10,14,21H,11-12,19H2,1-2H3,(H,20,22). The van der Waals surface area contributed by atoms with E-state index >= 15 is 0 Å². The normalized spacial score (nSPS) is 12.4. The van der Waals surface area contributed by atoms with Crippen LogP contribution in [0.25, 0.3) is 0 Å². The fourth-order valence-electron chi connectivity index (χ4n) is 2.18. The molecular weight excluding hydrogens is 338 g/mol. The van der Waals surface area contributed by atoms with Gasteiger partial charge in [-0.1, -0.05) is 25.1 Å². The quantitative estimate of drug-likeness (QED) is 0.703. The lowest BCUT2D eigenvalue weighted by Gasteiger charge is -2.12. The summed E-state index contributed by atoms with van der Waals surface area (Å²) in [6.07, 6.45) is 0. The minimum atomic E-state index is -3.77. The van der Waals surface area contributed by atoms with Crippen molar-refractivity contribution in [2.75, 3.05) is 17.8 Å². The first-order chi connectivity index (χ1) is 11.8. The number of hydrogen-bond acceptors (Lipinski definition) is 4. The Balaban J connectivity index is 2.17. The molecule has 1 atom stereocenters. The molecule has 0 bridgehead atoms. The molecule has 7 heteroatoms. The Morgan fingerprint density at radius 1 is 1.16 bits per heavy atom. The fraction of sp³-hybridized carbons (Fsp3) is 0.278. The number of benzene rings is 2. The Morgan fingerprint density at radius 2 is 1.88 bits per heavy atom. The van der Waals surface area contributed by atoms with Gasteiger partial charge in [0.05, 0.1) is 4.90 Å². The number of carbonyl (C=O) groups is 1. The Morgan fingerprint density at radius 3 is 2.56 bits per heavy atom. The number of aryl methyl sites for hydroxylation is 1. The third-order valence-corrected chi connectivity index (χ3v) is 5.07. The molecule has 4 N–H and O–H groups in total. The van der Waals surface area contributed by atoms with Crippen LogP contribution in [0.4, 0.5) is 5.69 Å². The van der Waals surface area contributed by atoms with Gasteiger partial charge in [0.15, 0.2) is 0 Å². The van der Waals surface area contributed by atoms with E-state index < -0.39 is 10.0 Å². The molecule has 0 fully saturated rings. The van der Waals surface area contributed by atoms with Crippen LogP contribution in [0.15, 0.2) is 53.4 Å². The summed E-state index contributed by atoms with van der Waals surface area (Å²) in [6, 6.07) is 13.0. The summed E-state index contributed by atoms with van der Waals surface area (Å²) in [4.78, 5) is 12.2. The maximum atomic E-state index is 12.5. The minimum Gasteiger partial charge on any atom is -0.352 e. The molecule has 1 unspecified atom stereocenters. The highest BCUT2D eigenvalue weighted by molar-refractivity contribution is 7.92. The van der Waals surface area contributed by atoms with Gasteiger partial charge in [-0.3, -0.25) is 9.52 Å². The maximum absolute atomic E-state index is 12.5. The molecule has 25 heavy (non-hydrogen) atoms. The van der Waals surface area contributed by atoms with Crippen molar-refractivity contribution in [3.8, 4) is 0 Å². The second-order valence-corrected chi connectivity index (χ2v) is 7.74. The number of rotatable bonds is 7. The van der Waals surface area contributed by atoms with Crippen LogP contribution in [-0.4, -0.2) is 27.4 Å². The van der Waals surface area contributed by atoms with Gasteiger partial charge in [-0.25, -0.2) is 8.42 Å². The Kier molecular flexibility index (Phi) is 6.17. The van der Waals surface area contributed by atoms with E-state index in [1.54, 1.807) is 30.3 Å². The number of anilines is 1. The number of nitrogens with two attached hydrogens (primary N) is 1. The van der Waals surface area contributed by atoms with Crippen molar-refractivity contribution in [3.05, 3.63) is 59.7 Å². The van der Waals surface area contributed by atoms with Crippen molar-refractivity contribution in [2.45, 2.75) is 18.7 Å². The summed E-state index contributed by atoms with van der Waals surface area (Å²) < 4.78 is 27.6. The first-order valence-corrected chi connectivity index (χ1v) is 9.48. The van der Waals surface area contributed by atoms with Crippen molar-refractivity contribution in [1.82, 2.24) is 5.32 Å². The summed E-state index contributed by atoms with van der Waals surface area (Å²) >= 11 is 0. The smallest absolute Gasteiger partial charge is 0.261 e. The molecule has 0 aliphatic rings. The SMILES string of the molecule is Cc1cccc(NS(=O)(=O)c2cccc(C(=O)NCC(C)CN)c2)c1. The van der Waals surface area contributed by atoms with Gasteiger partial charge in [0.25, 0.3) is 15.9 Å². The largest absolute Gasteiger partial charge is 0.352 e. The number of carbonyl (C=O) groups excluding carboxylic acids is 1. The van der Waals surface area contributed by atoms with Gasteiger partial charge in [0.2, 0.25) is 0 Å². The molecule has 0 spiro atoms. The molecule has 2 aromatic rings. The lowest BCUT2D eigenvalue weighted by molar-refractivity contribution is 0.0948. The van der Waals surface area contributed by atoms with Gasteiger partial charge < -0.3 is 11.1 Å². The highest BCUT2D eigenvalue weighted by atomic mass is 32.2. The van der Waals surface area contributed by atoms with E-state index in [1.807, 2.05) is 19.9 Å². The second-order valence-electron chi connectivity index (χ2n) is 6.05. The van der Waals surface area contributed by atoms with Crippen LogP contribution in [0.1, 0.15) is 22.8 Å². The zero-order chi connectivity index (χ0) is 18.4. The van der Waals surface area contributed by atoms with Crippen molar-refractivity contribution in [1.29, 1.82) is 0 Å². The van der Waals surface area contributed by atoms with Crippen LogP contribution >= 0.6 is 0 Å². The molecule has 134 valence electrons. The zero-order valence-electron chi connectivity index (χ0n) is 14.3. The van der Waals surface area contributed by atoms with E-state index in [0.717, 1.165) is 5.56 Å². The van der Waals surface area contributed by atoms with Crippen LogP contribution < -0.4 is 15.8 Å². The highest BCUT2D eigenvalue weighted by Crippen LogP contribution is 2.18. The van der Waals surface area contributed by atoms with Gasteiger partial charge in [-0.2, -0.15) is 0 Å². The highest BCUT2D eigenvalue weighted by Gasteiger charge is 2.17. The first-order valence-electron chi connectivity index (χ1n) is 7.99. The number of sulfonamides is 1. The second kappa shape index (κ2) is 8.13. The maximum Gasteiger partial charge on any atom is 0.261 e. The summed E-state index contributed by atoms with van der Waals surface area (Å²) in [5.41, 5.74) is 7.24. The number of hydrogen-bond donors (Lipinski definition) is 3. The summed E-state index contributed by atoms with van der Waals surface area (Å²) in [7, 11) is -3.77. The summed E-state index contributed by atoms with van der Waals surface area (Å²) in [5.74, 6) is -0.174. The van der Waals surface area contributed by atoms with Crippen LogP contribution in [0.3, 0.4) is 0 Å². The molecule has 0 radical (unpaired) electrons. The predicted molar refractivity (Wildman–Crippen MR) is 99.0 cm³/mol. The van der Waals surface area contributed by atoms with Gasteiger partial charge in [0, 0.05) is 17.8 Å².